The maximum Gasteiger partial charge on any atom is 0.275 e. The van der Waals surface area contributed by atoms with Gasteiger partial charge in [-0.1, -0.05) is 60.7 Å². The molecule has 0 atom stereocenters. The number of nitrogens with zero attached hydrogens (tertiary/aromatic N) is 2. The van der Waals surface area contributed by atoms with Crippen LogP contribution in [0, 0.1) is 0 Å². The Morgan fingerprint density at radius 2 is 1.56 bits per heavy atom. The van der Waals surface area contributed by atoms with Crippen LogP contribution in [0.3, 0.4) is 0 Å². The molecule has 5 aromatic rings. The highest BCUT2D eigenvalue weighted by molar-refractivity contribution is 6.04. The molecule has 4 aromatic carbocycles. The second-order valence-corrected chi connectivity index (χ2v) is 12.2. The summed E-state index contributed by atoms with van der Waals surface area (Å²) < 4.78 is 12.4. The molecule has 254 valence electrons. The van der Waals surface area contributed by atoms with Crippen molar-refractivity contribution in [2.24, 2.45) is 0 Å². The number of carbonyl (C=O) groups excluding carboxylic acids is 1. The van der Waals surface area contributed by atoms with Crippen LogP contribution >= 0.6 is 0 Å². The maximum absolute atomic E-state index is 13.4. The number of aromatic amines is 1. The van der Waals surface area contributed by atoms with Crippen LogP contribution < -0.4 is 36.6 Å². The number of carbonyl (C=O) groups is 1. The number of aromatic nitrogens is 2. The standard InChI is InChI=1S/C41H40N4O5/c1-4-20-45-36(24-29-8-6-5-7-9-29)40(47)43-35(41(45)48)23-30-10-14-31(15-11-30)39(46)42-34-16-12-28(13-17-34)18-21-44-22-19-32-25-37(49-2)38(50-3)26-33(32)27-44/h4-17,23-26H,1,18-22,27H2,2-3H3,(H,42,46)(H,43,47)/b35-23-,36-24-. The summed E-state index contributed by atoms with van der Waals surface area (Å²) in [5.41, 5.74) is 5.68. The molecule has 0 unspecified atom stereocenters. The van der Waals surface area contributed by atoms with Crippen LogP contribution in [0.5, 0.6) is 11.5 Å². The third-order valence-electron chi connectivity index (χ3n) is 8.87. The van der Waals surface area contributed by atoms with E-state index in [2.05, 4.69) is 33.9 Å². The van der Waals surface area contributed by atoms with E-state index in [1.807, 2.05) is 54.6 Å². The molecule has 9 heteroatoms. The third kappa shape index (κ3) is 7.85. The minimum Gasteiger partial charge on any atom is -0.493 e. The van der Waals surface area contributed by atoms with Gasteiger partial charge in [0, 0.05) is 37.4 Å². The van der Waals surface area contributed by atoms with E-state index in [4.69, 9.17) is 9.47 Å². The van der Waals surface area contributed by atoms with Crippen LogP contribution in [0.1, 0.15) is 38.2 Å². The van der Waals surface area contributed by atoms with Crippen molar-refractivity contribution in [3.63, 3.8) is 0 Å². The predicted molar refractivity (Wildman–Crippen MR) is 197 cm³/mol. The molecule has 0 bridgehead atoms. The van der Waals surface area contributed by atoms with E-state index in [1.165, 1.54) is 21.3 Å². The number of amides is 1. The lowest BCUT2D eigenvalue weighted by molar-refractivity contribution is 0.102. The highest BCUT2D eigenvalue weighted by atomic mass is 16.5. The Hall–Kier alpha value is -5.93. The highest BCUT2D eigenvalue weighted by Gasteiger charge is 2.19. The summed E-state index contributed by atoms with van der Waals surface area (Å²) >= 11 is 0. The smallest absolute Gasteiger partial charge is 0.275 e. The molecule has 1 aliphatic rings. The van der Waals surface area contributed by atoms with Gasteiger partial charge in [-0.25, -0.2) is 0 Å². The Morgan fingerprint density at radius 3 is 2.24 bits per heavy atom. The van der Waals surface area contributed by atoms with Crippen LogP contribution in [0.4, 0.5) is 5.69 Å². The summed E-state index contributed by atoms with van der Waals surface area (Å²) in [5.74, 6) is 1.28. The normalized spacial score (nSPS) is 13.5. The lowest BCUT2D eigenvalue weighted by atomic mass is 9.98. The Morgan fingerprint density at radius 1 is 0.880 bits per heavy atom. The van der Waals surface area contributed by atoms with Crippen molar-refractivity contribution < 1.29 is 14.3 Å². The first-order valence-electron chi connectivity index (χ1n) is 16.5. The number of anilines is 1. The van der Waals surface area contributed by atoms with Gasteiger partial charge in [-0.2, -0.15) is 0 Å². The molecular formula is C41H40N4O5. The minimum absolute atomic E-state index is 0.144. The average molecular weight is 669 g/mol. The fourth-order valence-corrected chi connectivity index (χ4v) is 6.15. The molecule has 9 nitrogen and oxygen atoms in total. The minimum atomic E-state index is -0.386. The molecule has 0 spiro atoms. The van der Waals surface area contributed by atoms with Gasteiger partial charge in [0.1, 0.15) is 10.7 Å². The lowest BCUT2D eigenvalue weighted by Gasteiger charge is -2.29. The molecule has 0 radical (unpaired) electrons. The summed E-state index contributed by atoms with van der Waals surface area (Å²) in [4.78, 5) is 44.6. The maximum atomic E-state index is 13.4. The van der Waals surface area contributed by atoms with E-state index in [0.29, 0.717) is 16.8 Å². The lowest BCUT2D eigenvalue weighted by Crippen LogP contribution is -2.53. The van der Waals surface area contributed by atoms with E-state index in [9.17, 15) is 14.4 Å². The molecule has 0 saturated heterocycles. The van der Waals surface area contributed by atoms with Crippen LogP contribution in [0.25, 0.3) is 12.2 Å². The molecule has 1 aliphatic heterocycles. The Kier molecular flexibility index (Phi) is 10.5. The molecule has 1 aromatic heterocycles. The first kappa shape index (κ1) is 34.0. The van der Waals surface area contributed by atoms with Crippen molar-refractivity contribution >= 4 is 23.7 Å². The molecule has 0 fully saturated rings. The Labute approximate surface area is 290 Å². The van der Waals surface area contributed by atoms with Crippen molar-refractivity contribution in [1.29, 1.82) is 0 Å². The number of methoxy groups -OCH3 is 2. The van der Waals surface area contributed by atoms with E-state index >= 15 is 0 Å². The number of H-pyrrole nitrogens is 1. The zero-order valence-electron chi connectivity index (χ0n) is 28.3. The molecular weight excluding hydrogens is 628 g/mol. The van der Waals surface area contributed by atoms with Gasteiger partial charge in [0.05, 0.1) is 14.2 Å². The van der Waals surface area contributed by atoms with Crippen LogP contribution in [-0.4, -0.2) is 47.7 Å². The van der Waals surface area contributed by atoms with Crippen molar-refractivity contribution in [2.75, 3.05) is 32.6 Å². The quantitative estimate of drug-likeness (QED) is 0.204. The van der Waals surface area contributed by atoms with Crippen molar-refractivity contribution in [3.8, 4) is 11.5 Å². The Bertz CT molecular complexity index is 2240. The second kappa shape index (κ2) is 15.5. The SMILES string of the molecule is C=CCn1c(=O)/c(=C/c2ccc(C(=O)Nc3ccc(CCN4CCc5cc(OC)c(OC)cc5C4)cc3)cc2)[nH]c(=O)/c1=C/c1ccccc1. The van der Waals surface area contributed by atoms with E-state index < -0.39 is 0 Å². The van der Waals surface area contributed by atoms with Gasteiger partial charge in [0.2, 0.25) is 0 Å². The molecule has 2 N–H and O–H groups in total. The number of fused-ring (bicyclic) bond motifs is 1. The van der Waals surface area contributed by atoms with Gasteiger partial charge in [-0.15, -0.1) is 6.58 Å². The van der Waals surface area contributed by atoms with Gasteiger partial charge in [-0.3, -0.25) is 23.9 Å². The van der Waals surface area contributed by atoms with Crippen LogP contribution in [-0.2, 0) is 25.9 Å². The summed E-state index contributed by atoms with van der Waals surface area (Å²) in [6.45, 7) is 6.71. The monoisotopic (exact) mass is 668 g/mol. The first-order chi connectivity index (χ1) is 24.3. The molecule has 0 saturated carbocycles. The highest BCUT2D eigenvalue weighted by Crippen LogP contribution is 2.33. The summed E-state index contributed by atoms with van der Waals surface area (Å²) in [6.07, 6.45) is 6.73. The zero-order chi connectivity index (χ0) is 35.0. The Balaban J connectivity index is 1.08. The first-order valence-corrected chi connectivity index (χ1v) is 16.5. The van der Waals surface area contributed by atoms with Gasteiger partial charge in [0.15, 0.2) is 11.5 Å². The van der Waals surface area contributed by atoms with Gasteiger partial charge in [0.25, 0.3) is 17.0 Å². The molecule has 6 rings (SSSR count). The van der Waals surface area contributed by atoms with Gasteiger partial charge >= 0.3 is 0 Å². The number of nitrogens with one attached hydrogen (secondary N) is 2. The van der Waals surface area contributed by atoms with E-state index in [1.54, 1.807) is 56.7 Å². The number of hydrogen-bond donors (Lipinski definition) is 2. The second-order valence-electron chi connectivity index (χ2n) is 12.2. The fourth-order valence-electron chi connectivity index (χ4n) is 6.15. The number of benzene rings is 4. The average Bonchev–Trinajstić information content (AvgIpc) is 3.14. The fraction of sp³-hybridized carbons (Fsp3) is 0.195. The predicted octanol–water partition coefficient (Wildman–Crippen LogP) is 4.25. The summed E-state index contributed by atoms with van der Waals surface area (Å²) in [6, 6.07) is 28.3. The van der Waals surface area contributed by atoms with Gasteiger partial charge in [-0.05, 0) is 89.2 Å². The topological polar surface area (TPSA) is 106 Å². The van der Waals surface area contributed by atoms with Crippen LogP contribution in [0.2, 0.25) is 0 Å². The largest absolute Gasteiger partial charge is 0.493 e. The number of allylic oxidation sites excluding steroid dienone is 1. The van der Waals surface area contributed by atoms with E-state index in [0.717, 1.165) is 49.5 Å². The van der Waals surface area contributed by atoms with Crippen molar-refractivity contribution in [2.45, 2.75) is 25.9 Å². The molecule has 50 heavy (non-hydrogen) atoms. The zero-order valence-corrected chi connectivity index (χ0v) is 28.3. The molecule has 0 aliphatic carbocycles. The number of hydrogen-bond acceptors (Lipinski definition) is 6. The third-order valence-corrected chi connectivity index (χ3v) is 8.87. The molecule has 2 heterocycles. The van der Waals surface area contributed by atoms with E-state index in [-0.39, 0.29) is 34.3 Å². The molecule has 1 amide bonds. The van der Waals surface area contributed by atoms with Crippen molar-refractivity contribution in [1.82, 2.24) is 14.5 Å². The number of rotatable bonds is 11. The number of ether oxygens (including phenoxy) is 2. The van der Waals surface area contributed by atoms with Crippen LogP contribution in [0.15, 0.2) is 113 Å². The summed E-state index contributed by atoms with van der Waals surface area (Å²) in [5, 5.41) is 3.35. The van der Waals surface area contributed by atoms with Gasteiger partial charge < -0.3 is 19.8 Å². The summed E-state index contributed by atoms with van der Waals surface area (Å²) in [7, 11) is 3.33. The van der Waals surface area contributed by atoms with Crippen molar-refractivity contribution in [3.05, 3.63) is 168 Å².